The van der Waals surface area contributed by atoms with E-state index in [0.29, 0.717) is 36.1 Å². The van der Waals surface area contributed by atoms with E-state index in [4.69, 9.17) is 15.2 Å². The number of hydrogen-bond donors (Lipinski definition) is 2. The Hall–Kier alpha value is -2.76. The van der Waals surface area contributed by atoms with Crippen LogP contribution in [-0.2, 0) is 11.8 Å². The number of guanidine groups is 1. The lowest BCUT2D eigenvalue weighted by atomic mass is 9.84. The number of ether oxygens (including phenoxy) is 2. The van der Waals surface area contributed by atoms with E-state index >= 15 is 0 Å². The van der Waals surface area contributed by atoms with Crippen LogP contribution in [0.15, 0.2) is 47.5 Å². The summed E-state index contributed by atoms with van der Waals surface area (Å²) in [4.78, 5) is 4.38. The number of hydrogen-bond acceptors (Lipinski definition) is 3. The van der Waals surface area contributed by atoms with Gasteiger partial charge in [-0.3, -0.25) is 4.99 Å². The maximum Gasteiger partial charge on any atom is 0.188 e. The number of halogens is 1. The van der Waals surface area contributed by atoms with E-state index in [9.17, 15) is 4.39 Å². The minimum atomic E-state index is -0.443. The molecular weight excluding hydrogens is 345 g/mol. The predicted octanol–water partition coefficient (Wildman–Crippen LogP) is 3.27. The Balaban J connectivity index is 1.90. The molecule has 0 spiro atoms. The SMILES string of the molecule is COc1ccc(CCNC(N)=NCC(C)(C)c2ccccc2F)cc1OC. The van der Waals surface area contributed by atoms with Gasteiger partial charge in [0.25, 0.3) is 0 Å². The van der Waals surface area contributed by atoms with Gasteiger partial charge in [0.2, 0.25) is 0 Å². The zero-order valence-electron chi connectivity index (χ0n) is 16.4. The van der Waals surface area contributed by atoms with Crippen LogP contribution in [0.5, 0.6) is 11.5 Å². The molecule has 0 amide bonds. The van der Waals surface area contributed by atoms with Gasteiger partial charge in [-0.15, -0.1) is 0 Å². The van der Waals surface area contributed by atoms with Crippen molar-refractivity contribution in [1.29, 1.82) is 0 Å². The Morgan fingerprint density at radius 3 is 2.48 bits per heavy atom. The predicted molar refractivity (Wildman–Crippen MR) is 107 cm³/mol. The highest BCUT2D eigenvalue weighted by Gasteiger charge is 2.23. The number of rotatable bonds is 8. The van der Waals surface area contributed by atoms with Gasteiger partial charge in [0.1, 0.15) is 5.82 Å². The first-order chi connectivity index (χ1) is 12.9. The number of nitrogens with zero attached hydrogens (tertiary/aromatic N) is 1. The van der Waals surface area contributed by atoms with Crippen LogP contribution >= 0.6 is 0 Å². The number of nitrogens with two attached hydrogens (primary N) is 1. The Kier molecular flexibility index (Phi) is 7.05. The number of aliphatic imine (C=N–C) groups is 1. The van der Waals surface area contributed by atoms with Crippen molar-refractivity contribution in [3.8, 4) is 11.5 Å². The second-order valence-electron chi connectivity index (χ2n) is 6.93. The molecule has 27 heavy (non-hydrogen) atoms. The maximum atomic E-state index is 14.0. The maximum absolute atomic E-state index is 14.0. The van der Waals surface area contributed by atoms with Crippen molar-refractivity contribution in [1.82, 2.24) is 5.32 Å². The smallest absolute Gasteiger partial charge is 0.188 e. The Labute approximate surface area is 160 Å². The molecule has 0 saturated carbocycles. The van der Waals surface area contributed by atoms with E-state index in [-0.39, 0.29) is 5.82 Å². The molecule has 0 bridgehead atoms. The van der Waals surface area contributed by atoms with Crippen molar-refractivity contribution in [2.75, 3.05) is 27.3 Å². The summed E-state index contributed by atoms with van der Waals surface area (Å²) in [6, 6.07) is 12.6. The normalized spacial score (nSPS) is 12.0. The lowest BCUT2D eigenvalue weighted by molar-refractivity contribution is 0.354. The standard InChI is InChI=1S/C21H28FN3O2/c1-21(2,16-7-5-6-8-17(16)22)14-25-20(23)24-12-11-15-9-10-18(26-3)19(13-15)27-4/h5-10,13H,11-12,14H2,1-4H3,(H3,23,24,25). The first-order valence-corrected chi connectivity index (χ1v) is 8.87. The van der Waals surface area contributed by atoms with E-state index in [1.165, 1.54) is 6.07 Å². The zero-order chi connectivity index (χ0) is 19.9. The Bertz CT molecular complexity index is 791. The fraction of sp³-hybridized carbons (Fsp3) is 0.381. The molecule has 2 aromatic carbocycles. The summed E-state index contributed by atoms with van der Waals surface area (Å²) in [5.74, 6) is 1.52. The number of methoxy groups -OCH3 is 2. The lowest BCUT2D eigenvalue weighted by Gasteiger charge is -2.23. The third kappa shape index (κ3) is 5.61. The average Bonchev–Trinajstić information content (AvgIpc) is 2.66. The highest BCUT2D eigenvalue weighted by atomic mass is 19.1. The Morgan fingerprint density at radius 2 is 1.81 bits per heavy atom. The summed E-state index contributed by atoms with van der Waals surface area (Å²) >= 11 is 0. The van der Waals surface area contributed by atoms with Crippen LogP contribution in [0, 0.1) is 5.82 Å². The van der Waals surface area contributed by atoms with Gasteiger partial charge < -0.3 is 20.5 Å². The molecule has 3 N–H and O–H groups in total. The van der Waals surface area contributed by atoms with Gasteiger partial charge in [-0.25, -0.2) is 4.39 Å². The first-order valence-electron chi connectivity index (χ1n) is 8.87. The topological polar surface area (TPSA) is 68.9 Å². The molecule has 0 unspecified atom stereocenters. The minimum Gasteiger partial charge on any atom is -0.493 e. The first kappa shape index (κ1) is 20.6. The van der Waals surface area contributed by atoms with Crippen LogP contribution < -0.4 is 20.5 Å². The second-order valence-corrected chi connectivity index (χ2v) is 6.93. The molecule has 0 fully saturated rings. The summed E-state index contributed by atoms with van der Waals surface area (Å²) in [7, 11) is 3.22. The fourth-order valence-electron chi connectivity index (χ4n) is 2.81. The summed E-state index contributed by atoms with van der Waals surface area (Å²) in [5, 5.41) is 3.10. The van der Waals surface area contributed by atoms with Gasteiger partial charge in [0.05, 0.1) is 20.8 Å². The van der Waals surface area contributed by atoms with Crippen molar-refractivity contribution in [2.24, 2.45) is 10.7 Å². The average molecular weight is 373 g/mol. The molecule has 0 aliphatic rings. The van der Waals surface area contributed by atoms with Crippen molar-refractivity contribution < 1.29 is 13.9 Å². The molecule has 0 saturated heterocycles. The molecule has 0 aliphatic heterocycles. The second kappa shape index (κ2) is 9.26. The Morgan fingerprint density at radius 1 is 1.11 bits per heavy atom. The third-order valence-corrected chi connectivity index (χ3v) is 4.42. The fourth-order valence-corrected chi connectivity index (χ4v) is 2.81. The molecule has 0 atom stereocenters. The van der Waals surface area contributed by atoms with E-state index in [0.717, 1.165) is 12.0 Å². The molecule has 2 rings (SSSR count). The van der Waals surface area contributed by atoms with Crippen molar-refractivity contribution in [2.45, 2.75) is 25.7 Å². The van der Waals surface area contributed by atoms with Gasteiger partial charge in [0.15, 0.2) is 17.5 Å². The highest BCUT2D eigenvalue weighted by Crippen LogP contribution is 2.28. The molecule has 2 aromatic rings. The van der Waals surface area contributed by atoms with Crippen LogP contribution in [0.4, 0.5) is 4.39 Å². The highest BCUT2D eigenvalue weighted by molar-refractivity contribution is 5.77. The molecule has 0 aliphatic carbocycles. The van der Waals surface area contributed by atoms with Gasteiger partial charge in [0, 0.05) is 12.0 Å². The van der Waals surface area contributed by atoms with Crippen molar-refractivity contribution >= 4 is 5.96 Å². The molecule has 146 valence electrons. The van der Waals surface area contributed by atoms with Crippen LogP contribution in [-0.4, -0.2) is 33.3 Å². The number of benzene rings is 2. The van der Waals surface area contributed by atoms with E-state index in [1.54, 1.807) is 26.4 Å². The van der Waals surface area contributed by atoms with E-state index in [1.807, 2.05) is 38.1 Å². The summed E-state index contributed by atoms with van der Waals surface area (Å²) < 4.78 is 24.5. The third-order valence-electron chi connectivity index (χ3n) is 4.42. The molecule has 5 nitrogen and oxygen atoms in total. The molecule has 0 aromatic heterocycles. The summed E-state index contributed by atoms with van der Waals surface area (Å²) in [5.41, 5.74) is 7.25. The molecule has 6 heteroatoms. The summed E-state index contributed by atoms with van der Waals surface area (Å²) in [6.45, 7) is 4.92. The van der Waals surface area contributed by atoms with E-state index in [2.05, 4.69) is 10.3 Å². The van der Waals surface area contributed by atoms with Crippen LogP contribution in [0.2, 0.25) is 0 Å². The molecule has 0 radical (unpaired) electrons. The van der Waals surface area contributed by atoms with Crippen LogP contribution in [0.3, 0.4) is 0 Å². The van der Waals surface area contributed by atoms with Crippen molar-refractivity contribution in [3.05, 3.63) is 59.4 Å². The van der Waals surface area contributed by atoms with Crippen molar-refractivity contribution in [3.63, 3.8) is 0 Å². The van der Waals surface area contributed by atoms with Crippen LogP contribution in [0.1, 0.15) is 25.0 Å². The van der Waals surface area contributed by atoms with Gasteiger partial charge in [-0.2, -0.15) is 0 Å². The van der Waals surface area contributed by atoms with E-state index < -0.39 is 5.41 Å². The van der Waals surface area contributed by atoms with Gasteiger partial charge >= 0.3 is 0 Å². The monoisotopic (exact) mass is 373 g/mol. The van der Waals surface area contributed by atoms with Gasteiger partial charge in [-0.05, 0) is 35.7 Å². The van der Waals surface area contributed by atoms with Gasteiger partial charge in [-0.1, -0.05) is 38.1 Å². The molecule has 0 heterocycles. The minimum absolute atomic E-state index is 0.224. The zero-order valence-corrected chi connectivity index (χ0v) is 16.4. The summed E-state index contributed by atoms with van der Waals surface area (Å²) in [6.07, 6.45) is 0.757. The quantitative estimate of drug-likeness (QED) is 0.550. The lowest BCUT2D eigenvalue weighted by Crippen LogP contribution is -2.35. The number of nitrogens with one attached hydrogen (secondary N) is 1. The largest absolute Gasteiger partial charge is 0.493 e. The van der Waals surface area contributed by atoms with Crippen LogP contribution in [0.25, 0.3) is 0 Å². The molecular formula is C21H28FN3O2.